The quantitative estimate of drug-likeness (QED) is 0.423. The summed E-state index contributed by atoms with van der Waals surface area (Å²) in [5.74, 6) is -0.630. The van der Waals surface area contributed by atoms with Crippen LogP contribution in [-0.2, 0) is 9.53 Å². The predicted molar refractivity (Wildman–Crippen MR) is 118 cm³/mol. The van der Waals surface area contributed by atoms with E-state index in [-0.39, 0.29) is 18.1 Å². The van der Waals surface area contributed by atoms with Crippen LogP contribution in [0, 0.1) is 13.8 Å². The average Bonchev–Trinajstić information content (AvgIpc) is 3.06. The minimum Gasteiger partial charge on any atom is -0.481 e. The van der Waals surface area contributed by atoms with Crippen LogP contribution in [0.4, 0.5) is 0 Å². The van der Waals surface area contributed by atoms with E-state index < -0.39 is 17.9 Å². The molecule has 0 saturated carbocycles. The lowest BCUT2D eigenvalue weighted by molar-refractivity contribution is -0.148. The molecule has 0 aliphatic rings. The summed E-state index contributed by atoms with van der Waals surface area (Å²) in [7, 11) is 0. The van der Waals surface area contributed by atoms with Gasteiger partial charge in [-0.1, -0.05) is 48.5 Å². The summed E-state index contributed by atoms with van der Waals surface area (Å²) in [4.78, 5) is 39.8. The molecule has 0 saturated heterocycles. The molecule has 0 aliphatic carbocycles. The summed E-state index contributed by atoms with van der Waals surface area (Å²) >= 11 is 0. The predicted octanol–water partition coefficient (Wildman–Crippen LogP) is 4.69. The first kappa shape index (κ1) is 22.0. The molecule has 0 unspecified atom stereocenters. The van der Waals surface area contributed by atoms with Crippen molar-refractivity contribution in [1.29, 1.82) is 0 Å². The van der Waals surface area contributed by atoms with E-state index in [2.05, 4.69) is 4.98 Å². The number of Topliss-reactive ketones (excluding diaryl/α,β-unsaturated/α-hetero) is 2. The van der Waals surface area contributed by atoms with Crippen molar-refractivity contribution in [2.24, 2.45) is 0 Å². The van der Waals surface area contributed by atoms with Gasteiger partial charge in [-0.15, -0.1) is 0 Å². The number of aryl methyl sites for hydroxylation is 1. The Labute approximate surface area is 181 Å². The third-order valence-corrected chi connectivity index (χ3v) is 5.03. The van der Waals surface area contributed by atoms with Gasteiger partial charge in [0.2, 0.25) is 5.78 Å². The fourth-order valence-corrected chi connectivity index (χ4v) is 3.60. The van der Waals surface area contributed by atoms with E-state index >= 15 is 0 Å². The van der Waals surface area contributed by atoms with Crippen molar-refractivity contribution in [3.63, 3.8) is 0 Å². The number of nitrogens with one attached hydrogen (secondary N) is 1. The number of benzene rings is 2. The van der Waals surface area contributed by atoms with Crippen molar-refractivity contribution in [2.45, 2.75) is 33.8 Å². The smallest absolute Gasteiger partial charge is 0.344 e. The second-order valence-electron chi connectivity index (χ2n) is 7.33. The molecular weight excluding hydrogens is 394 g/mol. The van der Waals surface area contributed by atoms with Crippen LogP contribution in [0.25, 0.3) is 11.1 Å². The number of hydrogen-bond donors (Lipinski definition) is 1. The van der Waals surface area contributed by atoms with Gasteiger partial charge in [-0.05, 0) is 44.9 Å². The van der Waals surface area contributed by atoms with Crippen LogP contribution in [0.3, 0.4) is 0 Å². The molecular formula is C25H25NO5. The molecule has 6 heteroatoms. The maximum absolute atomic E-state index is 12.7. The number of ether oxygens (including phenoxy) is 2. The van der Waals surface area contributed by atoms with Gasteiger partial charge < -0.3 is 14.5 Å². The van der Waals surface area contributed by atoms with Crippen LogP contribution in [-0.4, -0.2) is 35.2 Å². The topological polar surface area (TPSA) is 85.5 Å². The normalized spacial score (nSPS) is 11.6. The number of aromatic nitrogens is 1. The third-order valence-electron chi connectivity index (χ3n) is 5.03. The van der Waals surface area contributed by atoms with Crippen molar-refractivity contribution in [3.05, 3.63) is 77.1 Å². The van der Waals surface area contributed by atoms with Gasteiger partial charge in [-0.2, -0.15) is 0 Å². The van der Waals surface area contributed by atoms with E-state index in [1.165, 1.54) is 13.8 Å². The zero-order valence-electron chi connectivity index (χ0n) is 18.0. The summed E-state index contributed by atoms with van der Waals surface area (Å²) in [6, 6.07) is 17.1. The van der Waals surface area contributed by atoms with Gasteiger partial charge in [-0.3, -0.25) is 9.59 Å². The third kappa shape index (κ3) is 4.91. The van der Waals surface area contributed by atoms with Gasteiger partial charge in [0, 0.05) is 16.8 Å². The molecule has 3 rings (SSSR count). The van der Waals surface area contributed by atoms with E-state index in [0.29, 0.717) is 22.6 Å². The molecule has 0 radical (unpaired) electrons. The van der Waals surface area contributed by atoms with E-state index in [0.717, 1.165) is 11.1 Å². The Hall–Kier alpha value is -3.67. The van der Waals surface area contributed by atoms with Gasteiger partial charge in [0.05, 0.1) is 5.69 Å². The van der Waals surface area contributed by atoms with Gasteiger partial charge in [-0.25, -0.2) is 4.79 Å². The molecule has 160 valence electrons. The van der Waals surface area contributed by atoms with Gasteiger partial charge in [0.25, 0.3) is 0 Å². The summed E-state index contributed by atoms with van der Waals surface area (Å²) < 4.78 is 11.0. The molecule has 1 aromatic heterocycles. The molecule has 0 bridgehead atoms. The Bertz CT molecular complexity index is 1110. The minimum atomic E-state index is -1.02. The molecule has 31 heavy (non-hydrogen) atoms. The van der Waals surface area contributed by atoms with Gasteiger partial charge in [0.15, 0.2) is 18.5 Å². The number of para-hydroxylation sites is 1. The molecule has 2 aromatic carbocycles. The Kier molecular flexibility index (Phi) is 6.70. The van der Waals surface area contributed by atoms with E-state index in [4.69, 9.17) is 9.47 Å². The molecule has 0 amide bonds. The monoisotopic (exact) mass is 419 g/mol. The van der Waals surface area contributed by atoms with Crippen molar-refractivity contribution < 1.29 is 23.9 Å². The Morgan fingerprint density at radius 1 is 0.968 bits per heavy atom. The largest absolute Gasteiger partial charge is 0.481 e. The number of hydrogen-bond acceptors (Lipinski definition) is 5. The van der Waals surface area contributed by atoms with Crippen LogP contribution in [0.2, 0.25) is 0 Å². The van der Waals surface area contributed by atoms with Crippen LogP contribution < -0.4 is 4.74 Å². The van der Waals surface area contributed by atoms with Crippen LogP contribution in [0.15, 0.2) is 54.6 Å². The van der Waals surface area contributed by atoms with Crippen LogP contribution >= 0.6 is 0 Å². The summed E-state index contributed by atoms with van der Waals surface area (Å²) in [5.41, 5.74) is 3.77. The molecule has 6 nitrogen and oxygen atoms in total. The highest BCUT2D eigenvalue weighted by atomic mass is 16.6. The number of carbonyl (C=O) groups is 3. The highest BCUT2D eigenvalue weighted by Crippen LogP contribution is 2.29. The summed E-state index contributed by atoms with van der Waals surface area (Å²) in [5, 5.41) is 0. The molecule has 0 aliphatic heterocycles. The fraction of sp³-hybridized carbons (Fsp3) is 0.240. The fourth-order valence-electron chi connectivity index (χ4n) is 3.60. The zero-order chi connectivity index (χ0) is 22.5. The van der Waals surface area contributed by atoms with E-state index in [9.17, 15) is 14.4 Å². The summed E-state index contributed by atoms with van der Waals surface area (Å²) in [6.45, 7) is 6.05. The molecule has 0 spiro atoms. The lowest BCUT2D eigenvalue weighted by Gasteiger charge is -2.14. The summed E-state index contributed by atoms with van der Waals surface area (Å²) in [6.07, 6.45) is -1.02. The minimum absolute atomic E-state index is 0.125. The molecule has 3 aromatic rings. The number of carbonyl (C=O) groups excluding carboxylic acids is 3. The Morgan fingerprint density at radius 3 is 2.26 bits per heavy atom. The molecule has 0 fully saturated rings. The van der Waals surface area contributed by atoms with E-state index in [1.807, 2.05) is 48.5 Å². The maximum atomic E-state index is 12.7. The molecule has 1 heterocycles. The van der Waals surface area contributed by atoms with Gasteiger partial charge >= 0.3 is 5.97 Å². The average molecular weight is 419 g/mol. The van der Waals surface area contributed by atoms with Crippen LogP contribution in [0.1, 0.15) is 46.0 Å². The van der Waals surface area contributed by atoms with Crippen molar-refractivity contribution in [2.75, 3.05) is 6.61 Å². The highest BCUT2D eigenvalue weighted by Gasteiger charge is 2.26. The SMILES string of the molecule is CC(=O)c1c(C)[nH]c(C(=O)[C@@H](C)OC(=O)COc2ccccc2-c2ccccc2)c1C. The number of ketones is 2. The second-order valence-corrected chi connectivity index (χ2v) is 7.33. The first-order valence-corrected chi connectivity index (χ1v) is 10.0. The second kappa shape index (κ2) is 9.43. The first-order valence-electron chi connectivity index (χ1n) is 10.0. The Balaban J connectivity index is 1.65. The lowest BCUT2D eigenvalue weighted by atomic mass is 10.0. The number of H-pyrrole nitrogens is 1. The first-order chi connectivity index (χ1) is 14.8. The lowest BCUT2D eigenvalue weighted by Crippen LogP contribution is -2.28. The maximum Gasteiger partial charge on any atom is 0.344 e. The molecule has 1 atom stereocenters. The number of esters is 1. The zero-order valence-corrected chi connectivity index (χ0v) is 18.0. The van der Waals surface area contributed by atoms with E-state index in [1.54, 1.807) is 19.9 Å². The molecule has 1 N–H and O–H groups in total. The van der Waals surface area contributed by atoms with Crippen LogP contribution in [0.5, 0.6) is 5.75 Å². The highest BCUT2D eigenvalue weighted by molar-refractivity contribution is 6.05. The Morgan fingerprint density at radius 2 is 1.61 bits per heavy atom. The number of aromatic amines is 1. The van der Waals surface area contributed by atoms with Crippen molar-refractivity contribution in [1.82, 2.24) is 4.98 Å². The van der Waals surface area contributed by atoms with Crippen molar-refractivity contribution >= 4 is 17.5 Å². The van der Waals surface area contributed by atoms with Crippen molar-refractivity contribution in [3.8, 4) is 16.9 Å². The van der Waals surface area contributed by atoms with Gasteiger partial charge in [0.1, 0.15) is 5.75 Å². The standard InChI is InChI=1S/C25H25NO5/c1-15-23(17(3)27)16(2)26-24(15)25(29)18(4)31-22(28)14-30-21-13-9-8-12-20(21)19-10-6-5-7-11-19/h5-13,18,26H,14H2,1-4H3/t18-/m1/s1. The number of rotatable bonds is 8.